The predicted octanol–water partition coefficient (Wildman–Crippen LogP) is 13.6. The standard InChI is InChI=1S/C51H88NO7P/c1-6-8-10-12-14-16-18-20-22-24-25-26-27-28-30-32-34-36-38-40-42-44-51(53)59-50(49-58-60(54,55)57-47-45-52(3,4)5)48-56-46-43-41-39-37-35-33-31-29-23-21-19-17-15-13-11-9-7-2/h8,10,14,16-17,19-20,22-23,25-26,28-30,34,36,50H,6-7,9,11-13,15,18,21,24,27,31-33,35,37-49H2,1-5H3/b10-8-,16-14-,19-17-,22-20-,26-25-,29-23-,30-28-,36-34-. The molecule has 0 aromatic rings. The number of unbranched alkanes of at least 4 members (excludes halogenated alkanes) is 12. The van der Waals surface area contributed by atoms with Gasteiger partial charge in [0, 0.05) is 13.0 Å². The summed E-state index contributed by atoms with van der Waals surface area (Å²) >= 11 is 0. The Bertz CT molecular complexity index is 1270. The first-order valence-electron chi connectivity index (χ1n) is 23.5. The zero-order chi connectivity index (χ0) is 44.1. The summed E-state index contributed by atoms with van der Waals surface area (Å²) in [5.41, 5.74) is 0. The molecule has 0 heterocycles. The van der Waals surface area contributed by atoms with Crippen molar-refractivity contribution in [1.82, 2.24) is 0 Å². The second-order valence-corrected chi connectivity index (χ2v) is 17.8. The van der Waals surface area contributed by atoms with Crippen LogP contribution in [-0.4, -0.2) is 70.7 Å². The Hall–Kier alpha value is -2.58. The van der Waals surface area contributed by atoms with Gasteiger partial charge in [0.15, 0.2) is 0 Å². The van der Waals surface area contributed by atoms with E-state index in [0.29, 0.717) is 24.1 Å². The molecule has 0 bridgehead atoms. The van der Waals surface area contributed by atoms with Gasteiger partial charge in [0.1, 0.15) is 19.3 Å². The van der Waals surface area contributed by atoms with Gasteiger partial charge in [-0.3, -0.25) is 9.36 Å². The van der Waals surface area contributed by atoms with Crippen LogP contribution in [-0.2, 0) is 27.9 Å². The quantitative estimate of drug-likeness (QED) is 0.0198. The summed E-state index contributed by atoms with van der Waals surface area (Å²) in [5.74, 6) is -0.384. The smallest absolute Gasteiger partial charge is 0.306 e. The Kier molecular flexibility index (Phi) is 41.2. The number of esters is 1. The summed E-state index contributed by atoms with van der Waals surface area (Å²) in [7, 11) is 1.30. The Balaban J connectivity index is 4.35. The van der Waals surface area contributed by atoms with Gasteiger partial charge in [-0.15, -0.1) is 0 Å². The lowest BCUT2D eigenvalue weighted by Gasteiger charge is -2.28. The van der Waals surface area contributed by atoms with Gasteiger partial charge in [0.2, 0.25) is 0 Å². The maximum absolute atomic E-state index is 12.7. The van der Waals surface area contributed by atoms with Crippen molar-refractivity contribution >= 4 is 13.8 Å². The van der Waals surface area contributed by atoms with E-state index in [1.54, 1.807) is 0 Å². The molecule has 0 N–H and O–H groups in total. The van der Waals surface area contributed by atoms with Crippen molar-refractivity contribution in [2.45, 2.75) is 168 Å². The molecule has 60 heavy (non-hydrogen) atoms. The molecule has 2 atom stereocenters. The van der Waals surface area contributed by atoms with Crippen molar-refractivity contribution in [1.29, 1.82) is 0 Å². The van der Waals surface area contributed by atoms with Crippen LogP contribution >= 0.6 is 7.82 Å². The number of hydrogen-bond acceptors (Lipinski definition) is 7. The highest BCUT2D eigenvalue weighted by molar-refractivity contribution is 7.45. The normalized spacial score (nSPS) is 14.6. The summed E-state index contributed by atoms with van der Waals surface area (Å²) in [4.78, 5) is 25.1. The number of allylic oxidation sites excluding steroid dienone is 16. The van der Waals surface area contributed by atoms with Crippen molar-refractivity contribution in [3.8, 4) is 0 Å². The highest BCUT2D eigenvalue weighted by Gasteiger charge is 2.20. The number of phosphoric ester groups is 1. The minimum Gasteiger partial charge on any atom is -0.756 e. The van der Waals surface area contributed by atoms with E-state index in [0.717, 1.165) is 83.5 Å². The molecule has 0 fully saturated rings. The van der Waals surface area contributed by atoms with Crippen molar-refractivity contribution in [3.05, 3.63) is 97.2 Å². The van der Waals surface area contributed by atoms with Gasteiger partial charge in [0.05, 0.1) is 34.4 Å². The highest BCUT2D eigenvalue weighted by Crippen LogP contribution is 2.38. The van der Waals surface area contributed by atoms with E-state index in [2.05, 4.69) is 111 Å². The minimum absolute atomic E-state index is 0.00953. The maximum atomic E-state index is 12.7. The van der Waals surface area contributed by atoms with Gasteiger partial charge in [0.25, 0.3) is 7.82 Å². The molecule has 0 saturated heterocycles. The fourth-order valence-electron chi connectivity index (χ4n) is 5.75. The summed E-state index contributed by atoms with van der Waals surface area (Å²) in [5, 5.41) is 0. The molecular formula is C51H88NO7P. The molecule has 0 aromatic carbocycles. The monoisotopic (exact) mass is 858 g/mol. The Morgan fingerprint density at radius 1 is 0.533 bits per heavy atom. The Morgan fingerprint density at radius 2 is 0.967 bits per heavy atom. The molecule has 0 aromatic heterocycles. The number of carbonyl (C=O) groups excluding carboxylic acids is 1. The molecule has 0 amide bonds. The predicted molar refractivity (Wildman–Crippen MR) is 254 cm³/mol. The van der Waals surface area contributed by atoms with Gasteiger partial charge >= 0.3 is 5.97 Å². The van der Waals surface area contributed by atoms with Crippen LogP contribution in [0.1, 0.15) is 162 Å². The number of nitrogens with zero attached hydrogens (tertiary/aromatic N) is 1. The molecule has 8 nitrogen and oxygen atoms in total. The van der Waals surface area contributed by atoms with Crippen LogP contribution in [0.3, 0.4) is 0 Å². The highest BCUT2D eigenvalue weighted by atomic mass is 31.2. The van der Waals surface area contributed by atoms with Crippen LogP contribution in [0.4, 0.5) is 0 Å². The van der Waals surface area contributed by atoms with Gasteiger partial charge in [-0.05, 0) is 96.3 Å². The second-order valence-electron chi connectivity index (χ2n) is 16.4. The number of rotatable bonds is 42. The lowest BCUT2D eigenvalue weighted by molar-refractivity contribution is -0.870. The molecule has 0 rings (SSSR count). The van der Waals surface area contributed by atoms with Crippen LogP contribution < -0.4 is 4.89 Å². The fraction of sp³-hybridized carbons (Fsp3) is 0.667. The first-order chi connectivity index (χ1) is 29.1. The summed E-state index contributed by atoms with van der Waals surface area (Å²) < 4.78 is 34.6. The molecule has 0 aliphatic heterocycles. The van der Waals surface area contributed by atoms with Crippen LogP contribution in [0.2, 0.25) is 0 Å². The van der Waals surface area contributed by atoms with E-state index in [1.807, 2.05) is 21.1 Å². The first kappa shape index (κ1) is 57.4. The largest absolute Gasteiger partial charge is 0.756 e. The van der Waals surface area contributed by atoms with Crippen molar-refractivity contribution < 1.29 is 37.3 Å². The average molecular weight is 858 g/mol. The van der Waals surface area contributed by atoms with Crippen molar-refractivity contribution in [3.63, 3.8) is 0 Å². The summed E-state index contributed by atoms with van der Waals surface area (Å²) in [6.07, 6.45) is 58.5. The molecule has 344 valence electrons. The molecule has 0 spiro atoms. The molecule has 9 heteroatoms. The summed E-state index contributed by atoms with van der Waals surface area (Å²) in [6, 6.07) is 0. The molecule has 0 radical (unpaired) electrons. The topological polar surface area (TPSA) is 94.1 Å². The molecule has 2 unspecified atom stereocenters. The number of carbonyl (C=O) groups is 1. The maximum Gasteiger partial charge on any atom is 0.306 e. The third-order valence-electron chi connectivity index (χ3n) is 9.37. The molecule has 0 aliphatic rings. The van der Waals surface area contributed by atoms with Gasteiger partial charge in [-0.2, -0.15) is 0 Å². The summed E-state index contributed by atoms with van der Waals surface area (Å²) in [6.45, 7) is 5.17. The lowest BCUT2D eigenvalue weighted by Crippen LogP contribution is -2.37. The van der Waals surface area contributed by atoms with Crippen LogP contribution in [0.5, 0.6) is 0 Å². The number of ether oxygens (including phenoxy) is 2. The number of hydrogen-bond donors (Lipinski definition) is 0. The van der Waals surface area contributed by atoms with E-state index in [4.69, 9.17) is 18.5 Å². The SMILES string of the molecule is CC/C=C\C/C=C\C/C=C\C/C=C\C/C=C\C/C=C\CCCCC(=O)OC(COCCCCCCCC/C=C\C/C=C\CCCCCC)COP(=O)([O-])OCC[N+](C)(C)C. The van der Waals surface area contributed by atoms with Gasteiger partial charge in [-0.1, -0.05) is 156 Å². The Morgan fingerprint density at radius 3 is 1.45 bits per heavy atom. The van der Waals surface area contributed by atoms with E-state index in [1.165, 1.54) is 51.4 Å². The molecule has 0 saturated carbocycles. The third-order valence-corrected chi connectivity index (χ3v) is 10.3. The van der Waals surface area contributed by atoms with E-state index < -0.39 is 13.9 Å². The molecular weight excluding hydrogens is 770 g/mol. The third kappa shape index (κ3) is 46.5. The second kappa shape index (κ2) is 43.1. The van der Waals surface area contributed by atoms with Crippen LogP contribution in [0, 0.1) is 0 Å². The zero-order valence-corrected chi connectivity index (χ0v) is 39.8. The van der Waals surface area contributed by atoms with E-state index in [9.17, 15) is 14.3 Å². The van der Waals surface area contributed by atoms with Crippen LogP contribution in [0.25, 0.3) is 0 Å². The zero-order valence-electron chi connectivity index (χ0n) is 38.9. The average Bonchev–Trinajstić information content (AvgIpc) is 3.20. The van der Waals surface area contributed by atoms with E-state index in [-0.39, 0.29) is 32.2 Å². The first-order valence-corrected chi connectivity index (χ1v) is 24.9. The number of phosphoric acid groups is 1. The van der Waals surface area contributed by atoms with Gasteiger partial charge in [-0.25, -0.2) is 0 Å². The Labute approximate surface area is 368 Å². The number of likely N-dealkylation sites (N-methyl/N-ethyl adjacent to an activating group) is 1. The van der Waals surface area contributed by atoms with Crippen molar-refractivity contribution in [2.24, 2.45) is 0 Å². The van der Waals surface area contributed by atoms with Crippen molar-refractivity contribution in [2.75, 3.05) is 54.1 Å². The minimum atomic E-state index is -4.55. The van der Waals surface area contributed by atoms with E-state index >= 15 is 0 Å². The van der Waals surface area contributed by atoms with Gasteiger partial charge < -0.3 is 27.9 Å². The molecule has 0 aliphatic carbocycles. The lowest BCUT2D eigenvalue weighted by atomic mass is 10.1. The number of quaternary nitrogens is 1. The fourth-order valence-corrected chi connectivity index (χ4v) is 6.48. The van der Waals surface area contributed by atoms with Crippen LogP contribution in [0.15, 0.2) is 97.2 Å².